The average Bonchev–Trinajstić information content (AvgIpc) is 2.48. The van der Waals surface area contributed by atoms with E-state index < -0.39 is 5.97 Å². The molecule has 0 spiro atoms. The van der Waals surface area contributed by atoms with Crippen LogP contribution in [-0.4, -0.2) is 23.6 Å². The van der Waals surface area contributed by atoms with Crippen LogP contribution in [0.15, 0.2) is 42.5 Å². The molecule has 0 heterocycles. The van der Waals surface area contributed by atoms with Gasteiger partial charge in [0.15, 0.2) is 6.61 Å². The molecule has 5 nitrogen and oxygen atoms in total. The number of hydrogen-bond acceptors (Lipinski definition) is 3. The second-order valence-electron chi connectivity index (χ2n) is 5.37. The predicted octanol–water partition coefficient (Wildman–Crippen LogP) is 2.95. The normalized spacial score (nSPS) is 10.2. The molecule has 5 heteroatoms. The maximum absolute atomic E-state index is 11.9. The molecule has 2 rings (SSSR count). The van der Waals surface area contributed by atoms with Crippen molar-refractivity contribution in [3.05, 3.63) is 59.2 Å². The molecular formula is C18H19NO4. The van der Waals surface area contributed by atoms with Crippen LogP contribution in [0.5, 0.6) is 5.75 Å². The van der Waals surface area contributed by atoms with Gasteiger partial charge in [-0.3, -0.25) is 9.59 Å². The van der Waals surface area contributed by atoms with E-state index in [2.05, 4.69) is 5.32 Å². The minimum atomic E-state index is -0.886. The van der Waals surface area contributed by atoms with Gasteiger partial charge in [-0.05, 0) is 43.2 Å². The van der Waals surface area contributed by atoms with Crippen LogP contribution in [0.25, 0.3) is 0 Å². The van der Waals surface area contributed by atoms with E-state index in [1.807, 2.05) is 32.0 Å². The van der Waals surface area contributed by atoms with Gasteiger partial charge < -0.3 is 15.2 Å². The third kappa shape index (κ3) is 5.14. The molecule has 2 aromatic carbocycles. The summed E-state index contributed by atoms with van der Waals surface area (Å²) in [7, 11) is 0. The summed E-state index contributed by atoms with van der Waals surface area (Å²) >= 11 is 0. The minimum Gasteiger partial charge on any atom is -0.483 e. The maximum atomic E-state index is 11.9. The lowest BCUT2D eigenvalue weighted by Gasteiger charge is -2.10. The summed E-state index contributed by atoms with van der Waals surface area (Å²) in [5.74, 6) is -0.470. The smallest absolute Gasteiger partial charge is 0.307 e. The SMILES string of the molecule is Cc1ccc(OCC(=O)Nc2ccc(CC(=O)O)cc2)c(C)c1. The van der Waals surface area contributed by atoms with Crippen molar-refractivity contribution in [2.24, 2.45) is 0 Å². The van der Waals surface area contributed by atoms with E-state index in [0.717, 1.165) is 11.1 Å². The summed E-state index contributed by atoms with van der Waals surface area (Å²) in [6, 6.07) is 12.5. The highest BCUT2D eigenvalue weighted by Crippen LogP contribution is 2.18. The van der Waals surface area contributed by atoms with Crippen LogP contribution in [0.2, 0.25) is 0 Å². The Balaban J connectivity index is 1.88. The van der Waals surface area contributed by atoms with E-state index in [1.54, 1.807) is 24.3 Å². The number of nitrogens with one attached hydrogen (secondary N) is 1. The van der Waals surface area contributed by atoms with Crippen LogP contribution in [0, 0.1) is 13.8 Å². The number of aliphatic carboxylic acids is 1. The summed E-state index contributed by atoms with van der Waals surface area (Å²) in [5, 5.41) is 11.4. The number of carboxylic acids is 1. The number of anilines is 1. The van der Waals surface area contributed by atoms with Crippen molar-refractivity contribution in [1.82, 2.24) is 0 Å². The molecule has 0 fully saturated rings. The van der Waals surface area contributed by atoms with E-state index in [-0.39, 0.29) is 18.9 Å². The van der Waals surface area contributed by atoms with Crippen molar-refractivity contribution in [3.63, 3.8) is 0 Å². The quantitative estimate of drug-likeness (QED) is 0.859. The molecule has 1 amide bonds. The van der Waals surface area contributed by atoms with Crippen LogP contribution in [-0.2, 0) is 16.0 Å². The van der Waals surface area contributed by atoms with E-state index >= 15 is 0 Å². The number of ether oxygens (including phenoxy) is 1. The molecule has 0 aliphatic rings. The van der Waals surface area contributed by atoms with Crippen LogP contribution in [0.4, 0.5) is 5.69 Å². The van der Waals surface area contributed by atoms with Crippen LogP contribution >= 0.6 is 0 Å². The van der Waals surface area contributed by atoms with Gasteiger partial charge in [0.25, 0.3) is 5.91 Å². The number of aryl methyl sites for hydroxylation is 2. The minimum absolute atomic E-state index is 0.0377. The largest absolute Gasteiger partial charge is 0.483 e. The zero-order valence-electron chi connectivity index (χ0n) is 13.1. The Morgan fingerprint density at radius 1 is 1.09 bits per heavy atom. The first kappa shape index (κ1) is 16.5. The lowest BCUT2D eigenvalue weighted by Crippen LogP contribution is -2.20. The zero-order chi connectivity index (χ0) is 16.8. The molecule has 0 saturated heterocycles. The van der Waals surface area contributed by atoms with E-state index in [0.29, 0.717) is 17.0 Å². The number of benzene rings is 2. The Morgan fingerprint density at radius 3 is 2.39 bits per heavy atom. The Labute approximate surface area is 134 Å². The summed E-state index contributed by atoms with van der Waals surface area (Å²) in [4.78, 5) is 22.5. The Kier molecular flexibility index (Phi) is 5.36. The molecule has 0 aromatic heterocycles. The molecule has 0 radical (unpaired) electrons. The number of carbonyl (C=O) groups is 2. The molecule has 23 heavy (non-hydrogen) atoms. The second-order valence-corrected chi connectivity index (χ2v) is 5.37. The van der Waals surface area contributed by atoms with Gasteiger partial charge >= 0.3 is 5.97 Å². The Morgan fingerprint density at radius 2 is 1.78 bits per heavy atom. The fraction of sp³-hybridized carbons (Fsp3) is 0.222. The fourth-order valence-corrected chi connectivity index (χ4v) is 2.18. The number of amides is 1. The van der Waals surface area contributed by atoms with Crippen molar-refractivity contribution < 1.29 is 19.4 Å². The highest BCUT2D eigenvalue weighted by atomic mass is 16.5. The molecule has 0 aliphatic heterocycles. The van der Waals surface area contributed by atoms with Gasteiger partial charge in [0.1, 0.15) is 5.75 Å². The zero-order valence-corrected chi connectivity index (χ0v) is 13.1. The van der Waals surface area contributed by atoms with Gasteiger partial charge in [-0.1, -0.05) is 29.8 Å². The molecule has 0 bridgehead atoms. The summed E-state index contributed by atoms with van der Waals surface area (Å²) in [6.07, 6.45) is -0.0377. The molecule has 0 saturated carbocycles. The standard InChI is InChI=1S/C18H19NO4/c1-12-3-8-16(13(2)9-12)23-11-17(20)19-15-6-4-14(5-7-15)10-18(21)22/h3-9H,10-11H2,1-2H3,(H,19,20)(H,21,22). The number of carboxylic acid groups (broad SMARTS) is 1. The third-order valence-corrected chi connectivity index (χ3v) is 3.28. The van der Waals surface area contributed by atoms with Crippen LogP contribution in [0.3, 0.4) is 0 Å². The van der Waals surface area contributed by atoms with Gasteiger partial charge in [0, 0.05) is 5.69 Å². The van der Waals surface area contributed by atoms with Gasteiger partial charge in [0.05, 0.1) is 6.42 Å². The summed E-state index contributed by atoms with van der Waals surface area (Å²) in [6.45, 7) is 3.85. The Hall–Kier alpha value is -2.82. The highest BCUT2D eigenvalue weighted by molar-refractivity contribution is 5.91. The van der Waals surface area contributed by atoms with Gasteiger partial charge in [0.2, 0.25) is 0 Å². The molecule has 0 atom stereocenters. The van der Waals surface area contributed by atoms with Crippen LogP contribution in [0.1, 0.15) is 16.7 Å². The molecular weight excluding hydrogens is 294 g/mol. The van der Waals surface area contributed by atoms with Crippen molar-refractivity contribution in [1.29, 1.82) is 0 Å². The first-order valence-corrected chi connectivity index (χ1v) is 7.24. The third-order valence-electron chi connectivity index (χ3n) is 3.28. The summed E-state index contributed by atoms with van der Waals surface area (Å²) in [5.41, 5.74) is 3.41. The highest BCUT2D eigenvalue weighted by Gasteiger charge is 2.06. The lowest BCUT2D eigenvalue weighted by molar-refractivity contribution is -0.136. The number of carbonyl (C=O) groups excluding carboxylic acids is 1. The van der Waals surface area contributed by atoms with Crippen molar-refractivity contribution in [3.8, 4) is 5.75 Å². The number of hydrogen-bond donors (Lipinski definition) is 2. The average molecular weight is 313 g/mol. The second kappa shape index (κ2) is 7.45. The molecule has 0 aliphatic carbocycles. The Bertz CT molecular complexity index is 707. The number of rotatable bonds is 6. The predicted molar refractivity (Wildman–Crippen MR) is 87.8 cm³/mol. The van der Waals surface area contributed by atoms with Gasteiger partial charge in [-0.25, -0.2) is 0 Å². The molecule has 120 valence electrons. The van der Waals surface area contributed by atoms with E-state index in [1.165, 1.54) is 0 Å². The first-order valence-electron chi connectivity index (χ1n) is 7.24. The molecule has 2 N–H and O–H groups in total. The first-order chi connectivity index (χ1) is 10.9. The van der Waals surface area contributed by atoms with E-state index in [9.17, 15) is 9.59 Å². The molecule has 2 aromatic rings. The van der Waals surface area contributed by atoms with Gasteiger partial charge in [-0.2, -0.15) is 0 Å². The monoisotopic (exact) mass is 313 g/mol. The van der Waals surface area contributed by atoms with E-state index in [4.69, 9.17) is 9.84 Å². The lowest BCUT2D eigenvalue weighted by atomic mass is 10.1. The van der Waals surface area contributed by atoms with Gasteiger partial charge in [-0.15, -0.1) is 0 Å². The topological polar surface area (TPSA) is 75.6 Å². The van der Waals surface area contributed by atoms with Crippen LogP contribution < -0.4 is 10.1 Å². The molecule has 0 unspecified atom stereocenters. The summed E-state index contributed by atoms with van der Waals surface area (Å²) < 4.78 is 5.51. The van der Waals surface area contributed by atoms with Crippen molar-refractivity contribution in [2.45, 2.75) is 20.3 Å². The fourth-order valence-electron chi connectivity index (χ4n) is 2.18. The maximum Gasteiger partial charge on any atom is 0.307 e. The van der Waals surface area contributed by atoms with Crippen molar-refractivity contribution >= 4 is 17.6 Å². The van der Waals surface area contributed by atoms with Crippen molar-refractivity contribution in [2.75, 3.05) is 11.9 Å².